The van der Waals surface area contributed by atoms with Crippen LogP contribution in [0.15, 0.2) is 48.5 Å². The number of hydrogen-bond donors (Lipinski definition) is 2. The van der Waals surface area contributed by atoms with E-state index in [1.165, 1.54) is 17.0 Å². The van der Waals surface area contributed by atoms with Crippen molar-refractivity contribution in [1.82, 2.24) is 10.2 Å². The number of hydrogen-bond acceptors (Lipinski definition) is 4. The second kappa shape index (κ2) is 6.47. The van der Waals surface area contributed by atoms with Crippen molar-refractivity contribution in [3.8, 4) is 0 Å². The molecule has 7 heteroatoms. The Bertz CT molecular complexity index is 1070. The molecule has 0 unspecified atom stereocenters. The molecule has 0 radical (unpaired) electrons. The van der Waals surface area contributed by atoms with Crippen LogP contribution in [0.25, 0.3) is 0 Å². The van der Waals surface area contributed by atoms with Crippen LogP contribution in [0.4, 0.5) is 10.1 Å². The van der Waals surface area contributed by atoms with Crippen LogP contribution in [-0.4, -0.2) is 28.7 Å². The molecule has 6 nitrogen and oxygen atoms in total. The predicted octanol–water partition coefficient (Wildman–Crippen LogP) is 2.40. The third-order valence-electron chi connectivity index (χ3n) is 6.62. The van der Waals surface area contributed by atoms with Crippen LogP contribution in [0.1, 0.15) is 25.0 Å². The second-order valence-electron chi connectivity index (χ2n) is 8.61. The van der Waals surface area contributed by atoms with Crippen LogP contribution in [0.2, 0.25) is 0 Å². The molecule has 0 aromatic heterocycles. The number of anilines is 1. The van der Waals surface area contributed by atoms with Gasteiger partial charge in [-0.2, -0.15) is 0 Å². The van der Waals surface area contributed by atoms with Gasteiger partial charge < -0.3 is 5.32 Å². The summed E-state index contributed by atoms with van der Waals surface area (Å²) in [4.78, 5) is 41.4. The fourth-order valence-corrected chi connectivity index (χ4v) is 5.25. The molecule has 2 aromatic rings. The Hall–Kier alpha value is -3.06. The molecule has 3 aliphatic rings. The minimum absolute atomic E-state index is 0.0416. The first-order valence-electron chi connectivity index (χ1n) is 10.1. The van der Waals surface area contributed by atoms with Gasteiger partial charge in [0.05, 0.1) is 18.4 Å². The number of amides is 3. The Morgan fingerprint density at radius 2 is 1.73 bits per heavy atom. The SMILES string of the molecule is CC(C)[C@H]1N[C@@]2(C(=O)Nc3ccccc32)[C@H]2C(=O)N(Cc3ccc(F)cc3)C(=O)[C@H]12. The molecule has 3 heterocycles. The smallest absolute Gasteiger partial charge is 0.250 e. The predicted molar refractivity (Wildman–Crippen MR) is 107 cm³/mol. The maximum Gasteiger partial charge on any atom is 0.250 e. The van der Waals surface area contributed by atoms with Crippen molar-refractivity contribution < 1.29 is 18.8 Å². The summed E-state index contributed by atoms with van der Waals surface area (Å²) in [6, 6.07) is 12.7. The van der Waals surface area contributed by atoms with Crippen LogP contribution in [0.5, 0.6) is 0 Å². The highest BCUT2D eigenvalue weighted by molar-refractivity contribution is 6.15. The molecule has 4 atom stereocenters. The van der Waals surface area contributed by atoms with Gasteiger partial charge in [0.1, 0.15) is 11.4 Å². The summed E-state index contributed by atoms with van der Waals surface area (Å²) in [5, 5.41) is 6.28. The Morgan fingerprint density at radius 3 is 2.43 bits per heavy atom. The molecule has 0 saturated carbocycles. The minimum atomic E-state index is -1.26. The molecule has 1 spiro atoms. The fourth-order valence-electron chi connectivity index (χ4n) is 5.25. The van der Waals surface area contributed by atoms with Gasteiger partial charge in [-0.1, -0.05) is 44.2 Å². The van der Waals surface area contributed by atoms with Gasteiger partial charge in [-0.25, -0.2) is 4.39 Å². The summed E-state index contributed by atoms with van der Waals surface area (Å²) in [6.07, 6.45) is 0. The quantitative estimate of drug-likeness (QED) is 0.766. The van der Waals surface area contributed by atoms with Crippen LogP contribution in [0.3, 0.4) is 0 Å². The lowest BCUT2D eigenvalue weighted by molar-refractivity contribution is -0.143. The molecule has 2 aromatic carbocycles. The first kappa shape index (κ1) is 18.9. The van der Waals surface area contributed by atoms with Crippen molar-refractivity contribution in [3.63, 3.8) is 0 Å². The van der Waals surface area contributed by atoms with E-state index in [2.05, 4.69) is 10.6 Å². The summed E-state index contributed by atoms with van der Waals surface area (Å²) in [5.41, 5.74) is 0.770. The summed E-state index contributed by atoms with van der Waals surface area (Å²) >= 11 is 0. The number of imide groups is 1. The van der Waals surface area contributed by atoms with Crippen LogP contribution in [-0.2, 0) is 26.5 Å². The van der Waals surface area contributed by atoms with E-state index in [0.29, 0.717) is 16.8 Å². The van der Waals surface area contributed by atoms with Gasteiger partial charge in [0, 0.05) is 17.3 Å². The van der Waals surface area contributed by atoms with Crippen LogP contribution < -0.4 is 10.6 Å². The lowest BCUT2D eigenvalue weighted by Gasteiger charge is -2.30. The van der Waals surface area contributed by atoms with Crippen molar-refractivity contribution in [2.24, 2.45) is 17.8 Å². The number of fused-ring (bicyclic) bond motifs is 4. The highest BCUT2D eigenvalue weighted by Gasteiger charge is 2.70. The van der Waals surface area contributed by atoms with Crippen molar-refractivity contribution in [1.29, 1.82) is 0 Å². The third-order valence-corrected chi connectivity index (χ3v) is 6.62. The molecule has 0 bridgehead atoms. The molecule has 0 aliphatic carbocycles. The molecule has 5 rings (SSSR count). The Morgan fingerprint density at radius 1 is 1.03 bits per heavy atom. The standard InChI is InChI=1S/C23H22FN3O3/c1-12(2)19-17-18(23(26-19)15-5-3-4-6-16(15)25-22(23)30)21(29)27(20(17)28)11-13-7-9-14(24)10-8-13/h3-10,12,17-19,26H,11H2,1-2H3,(H,25,30)/t17-,18+,19+,23+/m0/s1. The number of carbonyl (C=O) groups is 3. The number of nitrogens with one attached hydrogen (secondary N) is 2. The molecule has 3 aliphatic heterocycles. The van der Waals surface area contributed by atoms with E-state index in [9.17, 15) is 18.8 Å². The van der Waals surface area contributed by atoms with E-state index >= 15 is 0 Å². The zero-order valence-corrected chi connectivity index (χ0v) is 16.7. The minimum Gasteiger partial charge on any atom is -0.324 e. The maximum absolute atomic E-state index is 13.6. The van der Waals surface area contributed by atoms with Gasteiger partial charge in [-0.15, -0.1) is 0 Å². The van der Waals surface area contributed by atoms with E-state index in [1.807, 2.05) is 32.0 Å². The Balaban J connectivity index is 1.59. The number of rotatable bonds is 3. The third kappa shape index (κ3) is 2.41. The van der Waals surface area contributed by atoms with E-state index in [0.717, 1.165) is 0 Å². The summed E-state index contributed by atoms with van der Waals surface area (Å²) < 4.78 is 13.3. The summed E-state index contributed by atoms with van der Waals surface area (Å²) in [7, 11) is 0. The molecular weight excluding hydrogens is 385 g/mol. The number of halogens is 1. The average Bonchev–Trinajstić information content (AvgIpc) is 3.31. The van der Waals surface area contributed by atoms with Gasteiger partial charge >= 0.3 is 0 Å². The second-order valence-corrected chi connectivity index (χ2v) is 8.61. The molecule has 2 fully saturated rings. The molecule has 2 saturated heterocycles. The monoisotopic (exact) mass is 407 g/mol. The van der Waals surface area contributed by atoms with Gasteiger partial charge in [0.2, 0.25) is 17.7 Å². The van der Waals surface area contributed by atoms with Gasteiger partial charge in [0.25, 0.3) is 0 Å². The van der Waals surface area contributed by atoms with Crippen molar-refractivity contribution in [2.45, 2.75) is 32.0 Å². The van der Waals surface area contributed by atoms with Crippen LogP contribution >= 0.6 is 0 Å². The van der Waals surface area contributed by atoms with Crippen molar-refractivity contribution in [2.75, 3.05) is 5.32 Å². The largest absolute Gasteiger partial charge is 0.324 e. The van der Waals surface area contributed by atoms with E-state index in [1.54, 1.807) is 18.2 Å². The highest BCUT2D eigenvalue weighted by Crippen LogP contribution is 2.53. The zero-order chi connectivity index (χ0) is 21.2. The average molecular weight is 407 g/mol. The summed E-state index contributed by atoms with van der Waals surface area (Å²) in [5.74, 6) is -2.73. The Kier molecular flexibility index (Phi) is 4.08. The maximum atomic E-state index is 13.6. The first-order chi connectivity index (χ1) is 14.3. The number of likely N-dealkylation sites (tertiary alicyclic amines) is 1. The van der Waals surface area contributed by atoms with E-state index in [4.69, 9.17) is 0 Å². The fraction of sp³-hybridized carbons (Fsp3) is 0.348. The lowest BCUT2D eigenvalue weighted by Crippen LogP contribution is -2.53. The first-order valence-corrected chi connectivity index (χ1v) is 10.1. The number of benzene rings is 2. The number of carbonyl (C=O) groups excluding carboxylic acids is 3. The molecular formula is C23H22FN3O3. The molecule has 30 heavy (non-hydrogen) atoms. The van der Waals surface area contributed by atoms with Gasteiger partial charge in [-0.3, -0.25) is 24.6 Å². The zero-order valence-electron chi connectivity index (χ0n) is 16.7. The van der Waals surface area contributed by atoms with E-state index < -0.39 is 17.4 Å². The van der Waals surface area contributed by atoms with Crippen LogP contribution in [0, 0.1) is 23.6 Å². The van der Waals surface area contributed by atoms with Crippen molar-refractivity contribution in [3.05, 3.63) is 65.5 Å². The molecule has 2 N–H and O–H groups in total. The number of nitrogens with zero attached hydrogens (tertiary/aromatic N) is 1. The van der Waals surface area contributed by atoms with Gasteiger partial charge in [0.15, 0.2) is 0 Å². The van der Waals surface area contributed by atoms with Crippen molar-refractivity contribution >= 4 is 23.4 Å². The lowest BCUT2D eigenvalue weighted by atomic mass is 9.76. The Labute approximate surface area is 173 Å². The number of para-hydroxylation sites is 1. The normalized spacial score (nSPS) is 29.7. The molecule has 154 valence electrons. The van der Waals surface area contributed by atoms with E-state index in [-0.39, 0.29) is 42.0 Å². The topological polar surface area (TPSA) is 78.5 Å². The van der Waals surface area contributed by atoms with Gasteiger partial charge in [-0.05, 0) is 29.7 Å². The summed E-state index contributed by atoms with van der Waals surface area (Å²) in [6.45, 7) is 4.02. The molecule has 3 amide bonds. The highest BCUT2D eigenvalue weighted by atomic mass is 19.1.